The van der Waals surface area contributed by atoms with Crippen LogP contribution in [0.15, 0.2) is 30.3 Å². The maximum Gasteiger partial charge on any atom is 0.275 e. The van der Waals surface area contributed by atoms with Crippen molar-refractivity contribution in [1.29, 1.82) is 0 Å². The van der Waals surface area contributed by atoms with Crippen molar-refractivity contribution in [2.75, 3.05) is 11.9 Å². The number of benzene rings is 1. The first kappa shape index (κ1) is 15.6. The Morgan fingerprint density at radius 2 is 2.05 bits per heavy atom. The van der Waals surface area contributed by atoms with Gasteiger partial charge in [0.2, 0.25) is 0 Å². The molecule has 0 atom stereocenters. The Bertz CT molecular complexity index is 675. The second kappa shape index (κ2) is 6.78. The largest absolute Gasteiger partial charge is 0.494 e. The molecule has 1 heterocycles. The van der Waals surface area contributed by atoms with Gasteiger partial charge in [0.1, 0.15) is 16.6 Å². The summed E-state index contributed by atoms with van der Waals surface area (Å²) in [7, 11) is 0. The van der Waals surface area contributed by atoms with Crippen LogP contribution in [0.5, 0.6) is 5.75 Å². The molecule has 1 aromatic heterocycles. The van der Waals surface area contributed by atoms with E-state index in [9.17, 15) is 4.79 Å². The fraction of sp³-hybridized carbons (Fsp3) is 0.200. The van der Waals surface area contributed by atoms with E-state index in [2.05, 4.69) is 10.3 Å². The molecule has 21 heavy (non-hydrogen) atoms. The molecule has 2 rings (SSSR count). The van der Waals surface area contributed by atoms with Crippen LogP contribution in [0.1, 0.15) is 23.0 Å². The summed E-state index contributed by atoms with van der Waals surface area (Å²) < 4.78 is 5.40. The number of aromatic nitrogens is 1. The molecular weight excluding hydrogens is 311 g/mol. The Morgan fingerprint density at radius 1 is 1.29 bits per heavy atom. The number of hydrogen-bond donors (Lipinski definition) is 1. The normalized spacial score (nSPS) is 10.3. The molecular formula is C15H14Cl2N2O2. The molecule has 6 heteroatoms. The molecule has 0 aliphatic heterocycles. The average Bonchev–Trinajstić information content (AvgIpc) is 2.44. The second-order valence-electron chi connectivity index (χ2n) is 4.33. The van der Waals surface area contributed by atoms with Gasteiger partial charge < -0.3 is 10.1 Å². The fourth-order valence-corrected chi connectivity index (χ4v) is 2.13. The van der Waals surface area contributed by atoms with E-state index < -0.39 is 5.91 Å². The van der Waals surface area contributed by atoms with E-state index in [1.807, 2.05) is 19.9 Å². The molecule has 0 unspecified atom stereocenters. The van der Waals surface area contributed by atoms with Crippen molar-refractivity contribution >= 4 is 34.8 Å². The van der Waals surface area contributed by atoms with Crippen molar-refractivity contribution < 1.29 is 9.53 Å². The Balaban J connectivity index is 2.21. The summed E-state index contributed by atoms with van der Waals surface area (Å²) in [6, 6.07) is 8.49. The van der Waals surface area contributed by atoms with Crippen LogP contribution < -0.4 is 10.1 Å². The third-order valence-corrected chi connectivity index (χ3v) is 3.30. The number of nitrogens with zero attached hydrogens (tertiary/aromatic N) is 1. The number of pyridine rings is 1. The number of aryl methyl sites for hydroxylation is 1. The summed E-state index contributed by atoms with van der Waals surface area (Å²) in [5.74, 6) is 0.349. The van der Waals surface area contributed by atoms with E-state index in [1.165, 1.54) is 12.1 Å². The van der Waals surface area contributed by atoms with Crippen molar-refractivity contribution in [3.8, 4) is 5.75 Å². The lowest BCUT2D eigenvalue weighted by Crippen LogP contribution is -2.15. The van der Waals surface area contributed by atoms with Crippen LogP contribution in [0.3, 0.4) is 0 Å². The highest BCUT2D eigenvalue weighted by Gasteiger charge is 2.14. The smallest absolute Gasteiger partial charge is 0.275 e. The maximum absolute atomic E-state index is 12.2. The number of carbonyl (C=O) groups is 1. The van der Waals surface area contributed by atoms with Gasteiger partial charge in [0, 0.05) is 5.69 Å². The molecule has 1 amide bonds. The Morgan fingerprint density at radius 3 is 2.71 bits per heavy atom. The SMILES string of the molecule is CCOc1ccc(NC(=O)c2nc(Cl)ccc2Cl)c(C)c1. The number of rotatable bonds is 4. The third-order valence-electron chi connectivity index (χ3n) is 2.78. The van der Waals surface area contributed by atoms with Gasteiger partial charge in [0.05, 0.1) is 11.6 Å². The van der Waals surface area contributed by atoms with Crippen LogP contribution in [-0.2, 0) is 0 Å². The van der Waals surface area contributed by atoms with E-state index in [1.54, 1.807) is 12.1 Å². The first-order valence-corrected chi connectivity index (χ1v) is 7.13. The van der Waals surface area contributed by atoms with Crippen molar-refractivity contribution in [2.45, 2.75) is 13.8 Å². The zero-order chi connectivity index (χ0) is 15.4. The summed E-state index contributed by atoms with van der Waals surface area (Å²) in [5.41, 5.74) is 1.64. The summed E-state index contributed by atoms with van der Waals surface area (Å²) in [6.45, 7) is 4.39. The summed E-state index contributed by atoms with van der Waals surface area (Å²) in [5, 5.41) is 3.23. The molecule has 0 radical (unpaired) electrons. The molecule has 2 aromatic rings. The summed E-state index contributed by atoms with van der Waals surface area (Å²) >= 11 is 11.7. The lowest BCUT2D eigenvalue weighted by molar-refractivity contribution is 0.102. The number of halogens is 2. The van der Waals surface area contributed by atoms with E-state index in [-0.39, 0.29) is 15.9 Å². The molecule has 0 aliphatic carbocycles. The number of anilines is 1. The van der Waals surface area contributed by atoms with Gasteiger partial charge in [0.25, 0.3) is 5.91 Å². The lowest BCUT2D eigenvalue weighted by atomic mass is 10.2. The van der Waals surface area contributed by atoms with Crippen LogP contribution in [0, 0.1) is 6.92 Å². The summed E-state index contributed by atoms with van der Waals surface area (Å²) in [6.07, 6.45) is 0. The fourth-order valence-electron chi connectivity index (χ4n) is 1.79. The second-order valence-corrected chi connectivity index (χ2v) is 5.12. The van der Waals surface area contributed by atoms with Crippen molar-refractivity contribution in [1.82, 2.24) is 4.98 Å². The minimum atomic E-state index is -0.408. The van der Waals surface area contributed by atoms with Crippen molar-refractivity contribution in [2.24, 2.45) is 0 Å². The predicted octanol–water partition coefficient (Wildman–Crippen LogP) is 4.35. The predicted molar refractivity (Wildman–Crippen MR) is 84.6 cm³/mol. The Labute approximate surface area is 133 Å². The molecule has 0 saturated carbocycles. The summed E-state index contributed by atoms with van der Waals surface area (Å²) in [4.78, 5) is 16.1. The van der Waals surface area contributed by atoms with Crippen molar-refractivity contribution in [3.63, 3.8) is 0 Å². The van der Waals surface area contributed by atoms with Gasteiger partial charge in [-0.2, -0.15) is 0 Å². The number of carbonyl (C=O) groups excluding carboxylic acids is 1. The lowest BCUT2D eigenvalue weighted by Gasteiger charge is -2.11. The van der Waals surface area contributed by atoms with Crippen molar-refractivity contribution in [3.05, 3.63) is 51.8 Å². The molecule has 1 aromatic carbocycles. The zero-order valence-electron chi connectivity index (χ0n) is 11.6. The molecule has 0 fully saturated rings. The van der Waals surface area contributed by atoms with E-state index in [4.69, 9.17) is 27.9 Å². The first-order valence-electron chi connectivity index (χ1n) is 6.38. The number of hydrogen-bond acceptors (Lipinski definition) is 3. The average molecular weight is 325 g/mol. The maximum atomic E-state index is 12.2. The van der Waals surface area contributed by atoms with E-state index in [0.29, 0.717) is 12.3 Å². The van der Waals surface area contributed by atoms with E-state index >= 15 is 0 Å². The van der Waals surface area contributed by atoms with Gasteiger partial charge in [-0.05, 0) is 49.7 Å². The third kappa shape index (κ3) is 3.86. The minimum absolute atomic E-state index is 0.0949. The monoisotopic (exact) mass is 324 g/mol. The number of amides is 1. The topological polar surface area (TPSA) is 51.2 Å². The highest BCUT2D eigenvalue weighted by molar-refractivity contribution is 6.35. The van der Waals surface area contributed by atoms with E-state index in [0.717, 1.165) is 11.3 Å². The van der Waals surface area contributed by atoms with Crippen LogP contribution in [0.4, 0.5) is 5.69 Å². The molecule has 4 nitrogen and oxygen atoms in total. The highest BCUT2D eigenvalue weighted by atomic mass is 35.5. The number of ether oxygens (including phenoxy) is 1. The quantitative estimate of drug-likeness (QED) is 0.851. The molecule has 0 bridgehead atoms. The number of nitrogens with one attached hydrogen (secondary N) is 1. The Kier molecular flexibility index (Phi) is 5.04. The zero-order valence-corrected chi connectivity index (χ0v) is 13.1. The van der Waals surface area contributed by atoms with Crippen LogP contribution in [0.25, 0.3) is 0 Å². The van der Waals surface area contributed by atoms with Gasteiger partial charge >= 0.3 is 0 Å². The van der Waals surface area contributed by atoms with Gasteiger partial charge in [-0.1, -0.05) is 23.2 Å². The van der Waals surface area contributed by atoms with Crippen LogP contribution in [-0.4, -0.2) is 17.5 Å². The minimum Gasteiger partial charge on any atom is -0.494 e. The molecule has 0 aliphatic rings. The highest BCUT2D eigenvalue weighted by Crippen LogP contribution is 2.23. The van der Waals surface area contributed by atoms with Gasteiger partial charge in [-0.15, -0.1) is 0 Å². The van der Waals surface area contributed by atoms with Gasteiger partial charge in [-0.25, -0.2) is 4.98 Å². The van der Waals surface area contributed by atoms with Gasteiger partial charge in [0.15, 0.2) is 0 Å². The molecule has 110 valence electrons. The van der Waals surface area contributed by atoms with Gasteiger partial charge in [-0.3, -0.25) is 4.79 Å². The Hall–Kier alpha value is -1.78. The molecule has 0 spiro atoms. The van der Waals surface area contributed by atoms with Crippen LogP contribution in [0.2, 0.25) is 10.2 Å². The van der Waals surface area contributed by atoms with Crippen LogP contribution >= 0.6 is 23.2 Å². The first-order chi connectivity index (χ1) is 10.0. The molecule has 0 saturated heterocycles. The molecule has 1 N–H and O–H groups in total. The standard InChI is InChI=1S/C15H14Cl2N2O2/c1-3-21-10-4-6-12(9(2)8-10)18-15(20)14-11(16)5-7-13(17)19-14/h4-8H,3H2,1-2H3,(H,18,20).